The number of sulfonamides is 1. The first kappa shape index (κ1) is 18.3. The average Bonchev–Trinajstić information content (AvgIpc) is 2.64. The van der Waals surface area contributed by atoms with Crippen LogP contribution in [0, 0.1) is 0 Å². The van der Waals surface area contributed by atoms with Crippen LogP contribution in [0.4, 0.5) is 0 Å². The molecule has 1 aromatic heterocycles. The van der Waals surface area contributed by atoms with Crippen LogP contribution in [0.2, 0.25) is 0 Å². The van der Waals surface area contributed by atoms with Gasteiger partial charge in [0.15, 0.2) is 0 Å². The summed E-state index contributed by atoms with van der Waals surface area (Å²) in [6.45, 7) is 0.921. The molecule has 0 spiro atoms. The maximum atomic E-state index is 12.4. The Balaban J connectivity index is 1.55. The van der Waals surface area contributed by atoms with Crippen molar-refractivity contribution < 1.29 is 13.2 Å². The van der Waals surface area contributed by atoms with E-state index in [1.54, 1.807) is 53.6 Å². The van der Waals surface area contributed by atoms with Crippen LogP contribution in [0.25, 0.3) is 0 Å². The summed E-state index contributed by atoms with van der Waals surface area (Å²) in [6, 6.07) is 12.8. The normalized spacial score (nSPS) is 15.8. The van der Waals surface area contributed by atoms with E-state index in [9.17, 15) is 18.0 Å². The van der Waals surface area contributed by atoms with Crippen molar-refractivity contribution in [2.45, 2.75) is 30.3 Å². The van der Waals surface area contributed by atoms with E-state index in [1.807, 2.05) is 0 Å². The molecule has 3 rings (SSSR count). The number of hydrogen-bond acceptors (Lipinski definition) is 4. The molecule has 0 saturated carbocycles. The van der Waals surface area contributed by atoms with Gasteiger partial charge in [0.1, 0.15) is 6.54 Å². The molecule has 0 aliphatic carbocycles. The second-order valence-electron chi connectivity index (χ2n) is 6.26. The van der Waals surface area contributed by atoms with Crippen molar-refractivity contribution in [3.8, 4) is 0 Å². The lowest BCUT2D eigenvalue weighted by molar-refractivity contribution is -0.132. The standard InChI is InChI=1S/C18H21N3O4S/c22-17-8-4-5-11-21(17)14-18(23)20-12-9-15(10-13-20)19-26(24,25)16-6-2-1-3-7-16/h1-8,11,15,19H,9-10,12-14H2. The van der Waals surface area contributed by atoms with E-state index in [0.29, 0.717) is 25.9 Å². The van der Waals surface area contributed by atoms with Gasteiger partial charge in [-0.15, -0.1) is 0 Å². The number of hydrogen-bond donors (Lipinski definition) is 1. The van der Waals surface area contributed by atoms with Crippen molar-refractivity contribution in [3.63, 3.8) is 0 Å². The van der Waals surface area contributed by atoms with Gasteiger partial charge in [-0.2, -0.15) is 0 Å². The predicted molar refractivity (Wildman–Crippen MR) is 97.1 cm³/mol. The van der Waals surface area contributed by atoms with E-state index < -0.39 is 10.0 Å². The summed E-state index contributed by atoms with van der Waals surface area (Å²) in [4.78, 5) is 26.0. The molecule has 1 aromatic carbocycles. The number of benzene rings is 1. The monoisotopic (exact) mass is 375 g/mol. The SMILES string of the molecule is O=C(Cn1ccccc1=O)N1CCC(NS(=O)(=O)c2ccccc2)CC1. The van der Waals surface area contributed by atoms with Crippen LogP contribution in [0.5, 0.6) is 0 Å². The van der Waals surface area contributed by atoms with Gasteiger partial charge < -0.3 is 9.47 Å². The predicted octanol–water partition coefficient (Wildman–Crippen LogP) is 0.818. The molecule has 7 nitrogen and oxygen atoms in total. The molecule has 1 fully saturated rings. The Morgan fingerprint density at radius 3 is 2.35 bits per heavy atom. The van der Waals surface area contributed by atoms with Crippen LogP contribution < -0.4 is 10.3 Å². The Morgan fingerprint density at radius 1 is 1.04 bits per heavy atom. The fraction of sp³-hybridized carbons (Fsp3) is 0.333. The van der Waals surface area contributed by atoms with E-state index >= 15 is 0 Å². The molecule has 8 heteroatoms. The summed E-state index contributed by atoms with van der Waals surface area (Å²) in [5.41, 5.74) is -0.216. The number of carbonyl (C=O) groups excluding carboxylic acids is 1. The smallest absolute Gasteiger partial charge is 0.250 e. The van der Waals surface area contributed by atoms with Gasteiger partial charge in [-0.1, -0.05) is 24.3 Å². The van der Waals surface area contributed by atoms with E-state index in [2.05, 4.69) is 4.72 Å². The molecule has 1 amide bonds. The van der Waals surface area contributed by atoms with Crippen molar-refractivity contribution in [2.24, 2.45) is 0 Å². The second kappa shape index (κ2) is 7.84. The molecule has 1 saturated heterocycles. The third-order valence-electron chi connectivity index (χ3n) is 4.43. The van der Waals surface area contributed by atoms with Crippen LogP contribution in [-0.4, -0.2) is 42.9 Å². The number of rotatable bonds is 5. The number of carbonyl (C=O) groups is 1. The zero-order valence-corrected chi connectivity index (χ0v) is 15.1. The molecule has 0 atom stereocenters. The number of aromatic nitrogens is 1. The maximum Gasteiger partial charge on any atom is 0.250 e. The van der Waals surface area contributed by atoms with Crippen molar-refractivity contribution >= 4 is 15.9 Å². The number of likely N-dealkylation sites (tertiary alicyclic amines) is 1. The molecule has 1 aliphatic rings. The average molecular weight is 375 g/mol. The maximum absolute atomic E-state index is 12.4. The van der Waals surface area contributed by atoms with Crippen LogP contribution >= 0.6 is 0 Å². The third kappa shape index (κ3) is 4.39. The summed E-state index contributed by atoms with van der Waals surface area (Å²) >= 11 is 0. The fourth-order valence-electron chi connectivity index (χ4n) is 2.97. The Labute approximate surface area is 152 Å². The number of amides is 1. The van der Waals surface area contributed by atoms with Gasteiger partial charge in [0.05, 0.1) is 4.90 Å². The van der Waals surface area contributed by atoms with Gasteiger partial charge in [-0.3, -0.25) is 9.59 Å². The lowest BCUT2D eigenvalue weighted by atomic mass is 10.1. The lowest BCUT2D eigenvalue weighted by Crippen LogP contribution is -2.47. The summed E-state index contributed by atoms with van der Waals surface area (Å²) < 4.78 is 28.8. The van der Waals surface area contributed by atoms with Crippen LogP contribution in [0.1, 0.15) is 12.8 Å². The Kier molecular flexibility index (Phi) is 5.53. The van der Waals surface area contributed by atoms with Gasteiger partial charge in [0.25, 0.3) is 5.56 Å². The summed E-state index contributed by atoms with van der Waals surface area (Å²) in [5.74, 6) is -0.136. The summed E-state index contributed by atoms with van der Waals surface area (Å²) in [5, 5.41) is 0. The third-order valence-corrected chi connectivity index (χ3v) is 5.96. The number of nitrogens with zero attached hydrogens (tertiary/aromatic N) is 2. The highest BCUT2D eigenvalue weighted by molar-refractivity contribution is 7.89. The fourth-order valence-corrected chi connectivity index (χ4v) is 4.30. The van der Waals surface area contributed by atoms with E-state index in [-0.39, 0.29) is 28.9 Å². The number of pyridine rings is 1. The molecular formula is C18H21N3O4S. The Bertz CT molecular complexity index is 917. The van der Waals surface area contributed by atoms with Gasteiger partial charge >= 0.3 is 0 Å². The molecule has 0 radical (unpaired) electrons. The van der Waals surface area contributed by atoms with Crippen LogP contribution in [-0.2, 0) is 21.4 Å². The highest BCUT2D eigenvalue weighted by Crippen LogP contribution is 2.15. The van der Waals surface area contributed by atoms with Crippen molar-refractivity contribution in [1.82, 2.24) is 14.2 Å². The Morgan fingerprint density at radius 2 is 1.69 bits per heavy atom. The zero-order chi connectivity index (χ0) is 18.6. The number of nitrogens with one attached hydrogen (secondary N) is 1. The lowest BCUT2D eigenvalue weighted by Gasteiger charge is -2.32. The minimum Gasteiger partial charge on any atom is -0.341 e. The van der Waals surface area contributed by atoms with Crippen molar-refractivity contribution in [3.05, 3.63) is 65.1 Å². The van der Waals surface area contributed by atoms with Crippen molar-refractivity contribution in [2.75, 3.05) is 13.1 Å². The van der Waals surface area contributed by atoms with Gasteiger partial charge in [-0.05, 0) is 31.0 Å². The molecule has 0 unspecified atom stereocenters. The van der Waals surface area contributed by atoms with E-state index in [0.717, 1.165) is 0 Å². The minimum atomic E-state index is -3.55. The highest BCUT2D eigenvalue weighted by atomic mass is 32.2. The first-order valence-corrected chi connectivity index (χ1v) is 9.95. The molecule has 26 heavy (non-hydrogen) atoms. The molecule has 2 heterocycles. The first-order valence-electron chi connectivity index (χ1n) is 8.46. The molecule has 2 aromatic rings. The molecule has 138 valence electrons. The van der Waals surface area contributed by atoms with Crippen LogP contribution in [0.3, 0.4) is 0 Å². The van der Waals surface area contributed by atoms with Gasteiger partial charge in [0.2, 0.25) is 15.9 Å². The largest absolute Gasteiger partial charge is 0.341 e. The molecule has 1 aliphatic heterocycles. The van der Waals surface area contributed by atoms with Gasteiger partial charge in [-0.25, -0.2) is 13.1 Å². The van der Waals surface area contributed by atoms with E-state index in [4.69, 9.17) is 0 Å². The first-order chi connectivity index (χ1) is 12.5. The molecular weight excluding hydrogens is 354 g/mol. The topological polar surface area (TPSA) is 88.5 Å². The van der Waals surface area contributed by atoms with Crippen LogP contribution in [0.15, 0.2) is 64.4 Å². The second-order valence-corrected chi connectivity index (χ2v) is 7.97. The Hall–Kier alpha value is -2.45. The summed E-state index contributed by atoms with van der Waals surface area (Å²) in [6.07, 6.45) is 2.67. The molecule has 1 N–H and O–H groups in total. The van der Waals surface area contributed by atoms with E-state index in [1.165, 1.54) is 10.6 Å². The number of piperidine rings is 1. The summed E-state index contributed by atoms with van der Waals surface area (Å²) in [7, 11) is -3.55. The quantitative estimate of drug-likeness (QED) is 0.838. The van der Waals surface area contributed by atoms with Crippen molar-refractivity contribution in [1.29, 1.82) is 0 Å². The molecule has 0 bridgehead atoms. The zero-order valence-electron chi connectivity index (χ0n) is 14.2. The van der Waals surface area contributed by atoms with Gasteiger partial charge in [0, 0.05) is 31.4 Å². The highest BCUT2D eigenvalue weighted by Gasteiger charge is 2.26. The minimum absolute atomic E-state index is 0.0000819.